The summed E-state index contributed by atoms with van der Waals surface area (Å²) in [5.41, 5.74) is 2.12. The molecule has 1 N–H and O–H groups in total. The van der Waals surface area contributed by atoms with Crippen molar-refractivity contribution >= 4 is 46.4 Å². The molecule has 0 aliphatic rings. The molecule has 6 nitrogen and oxygen atoms in total. The molecule has 0 amide bonds. The van der Waals surface area contributed by atoms with E-state index in [1.807, 2.05) is 0 Å². The highest BCUT2D eigenvalue weighted by atomic mass is 35.5. The molecule has 0 radical (unpaired) electrons. The first-order valence-corrected chi connectivity index (χ1v) is 8.63. The molecular formula is C18H14Cl2F2N2O4. The molecule has 0 spiro atoms. The second-order valence-corrected chi connectivity index (χ2v) is 5.94. The first-order valence-electron chi connectivity index (χ1n) is 7.87. The van der Waals surface area contributed by atoms with E-state index in [9.17, 15) is 18.4 Å². The molecule has 0 aromatic heterocycles. The third kappa shape index (κ3) is 5.64. The third-order valence-corrected chi connectivity index (χ3v) is 3.88. The summed E-state index contributed by atoms with van der Waals surface area (Å²) in [6.45, 7) is -1.37. The number of ketones is 1. The Morgan fingerprint density at radius 2 is 1.71 bits per heavy atom. The van der Waals surface area contributed by atoms with Crippen molar-refractivity contribution in [2.24, 2.45) is 5.10 Å². The average molecular weight is 431 g/mol. The number of Topliss-reactive ketones (excluding diaryl/α,β-unsaturated/α-hetero) is 1. The van der Waals surface area contributed by atoms with Gasteiger partial charge in [0.25, 0.3) is 0 Å². The number of carbonyl (C=O) groups is 2. The van der Waals surface area contributed by atoms with Gasteiger partial charge in [-0.1, -0.05) is 29.3 Å². The molecular weight excluding hydrogens is 417 g/mol. The van der Waals surface area contributed by atoms with Crippen LogP contribution < -0.4 is 10.2 Å². The van der Waals surface area contributed by atoms with Crippen molar-refractivity contribution in [1.82, 2.24) is 0 Å². The predicted octanol–water partition coefficient (Wildman–Crippen LogP) is 4.81. The van der Waals surface area contributed by atoms with Crippen LogP contribution in [0.2, 0.25) is 10.0 Å². The number of carbonyl (C=O) groups excluding carboxylic acids is 2. The lowest BCUT2D eigenvalue weighted by molar-refractivity contribution is -0.134. The van der Waals surface area contributed by atoms with Crippen LogP contribution in [0.1, 0.15) is 17.3 Å². The monoisotopic (exact) mass is 430 g/mol. The quantitative estimate of drug-likeness (QED) is 0.214. The minimum atomic E-state index is -2.95. The van der Waals surface area contributed by atoms with Crippen LogP contribution in [0, 0.1) is 0 Å². The molecule has 0 aliphatic heterocycles. The zero-order chi connectivity index (χ0) is 20.7. The van der Waals surface area contributed by atoms with Crippen molar-refractivity contribution in [3.63, 3.8) is 0 Å². The molecule has 2 aromatic carbocycles. The number of alkyl halides is 2. The summed E-state index contributed by atoms with van der Waals surface area (Å²) in [6, 6.07) is 9.70. The van der Waals surface area contributed by atoms with E-state index in [1.165, 1.54) is 36.4 Å². The second-order valence-electron chi connectivity index (χ2n) is 5.12. The molecule has 10 heteroatoms. The summed E-state index contributed by atoms with van der Waals surface area (Å²) in [7, 11) is 0. The molecule has 0 bridgehead atoms. The third-order valence-electron chi connectivity index (χ3n) is 3.25. The fourth-order valence-electron chi connectivity index (χ4n) is 2.05. The van der Waals surface area contributed by atoms with E-state index in [1.54, 1.807) is 13.0 Å². The highest BCUT2D eigenvalue weighted by molar-refractivity contribution is 6.69. The Morgan fingerprint density at radius 1 is 1.11 bits per heavy atom. The lowest BCUT2D eigenvalue weighted by Crippen LogP contribution is -2.28. The first kappa shape index (κ1) is 21.6. The Kier molecular flexibility index (Phi) is 7.71. The van der Waals surface area contributed by atoms with Gasteiger partial charge < -0.3 is 9.47 Å². The van der Waals surface area contributed by atoms with E-state index in [0.717, 1.165) is 0 Å². The summed E-state index contributed by atoms with van der Waals surface area (Å²) in [5, 5.41) is 3.89. The fraction of sp³-hybridized carbons (Fsp3) is 0.167. The number of hydrazone groups is 1. The number of anilines is 1. The minimum Gasteiger partial charge on any atom is -0.461 e. The summed E-state index contributed by atoms with van der Waals surface area (Å²) in [6.07, 6.45) is 0. The van der Waals surface area contributed by atoms with Crippen molar-refractivity contribution in [3.05, 3.63) is 58.1 Å². The SMILES string of the molecule is CCOC(=O)C(=NNc1ccc(OC(F)F)cc1)C(=O)c1c(Cl)cccc1Cl. The summed E-state index contributed by atoms with van der Waals surface area (Å²) < 4.78 is 33.5. The van der Waals surface area contributed by atoms with Gasteiger partial charge in [0.15, 0.2) is 0 Å². The van der Waals surface area contributed by atoms with Crippen LogP contribution in [0.25, 0.3) is 0 Å². The Labute approximate surface area is 169 Å². The normalized spacial score (nSPS) is 11.3. The molecule has 0 aliphatic carbocycles. The highest BCUT2D eigenvalue weighted by Gasteiger charge is 2.27. The highest BCUT2D eigenvalue weighted by Crippen LogP contribution is 2.25. The zero-order valence-corrected chi connectivity index (χ0v) is 15.9. The topological polar surface area (TPSA) is 77.0 Å². The second kappa shape index (κ2) is 10.0. The summed E-state index contributed by atoms with van der Waals surface area (Å²) >= 11 is 12.0. The van der Waals surface area contributed by atoms with Crippen molar-refractivity contribution in [2.45, 2.75) is 13.5 Å². The molecule has 2 aromatic rings. The van der Waals surface area contributed by atoms with Crippen LogP contribution >= 0.6 is 23.2 Å². The molecule has 148 valence electrons. The number of hydrogen-bond acceptors (Lipinski definition) is 6. The molecule has 0 saturated carbocycles. The van der Waals surface area contributed by atoms with Gasteiger partial charge in [0.2, 0.25) is 11.5 Å². The van der Waals surface area contributed by atoms with Crippen molar-refractivity contribution < 1.29 is 27.8 Å². The lowest BCUT2D eigenvalue weighted by Gasteiger charge is -2.09. The molecule has 0 fully saturated rings. The van der Waals surface area contributed by atoms with Crippen LogP contribution in [-0.4, -0.2) is 30.7 Å². The van der Waals surface area contributed by atoms with E-state index in [4.69, 9.17) is 27.9 Å². The number of esters is 1. The van der Waals surface area contributed by atoms with Gasteiger partial charge in [-0.3, -0.25) is 10.2 Å². The maximum Gasteiger partial charge on any atom is 0.387 e. The number of nitrogens with zero attached hydrogens (tertiary/aromatic N) is 1. The number of ether oxygens (including phenoxy) is 2. The summed E-state index contributed by atoms with van der Waals surface area (Å²) in [5.74, 6) is -1.87. The van der Waals surface area contributed by atoms with E-state index >= 15 is 0 Å². The zero-order valence-electron chi connectivity index (χ0n) is 14.4. The fourth-order valence-corrected chi connectivity index (χ4v) is 2.62. The van der Waals surface area contributed by atoms with E-state index in [0.29, 0.717) is 5.69 Å². The smallest absolute Gasteiger partial charge is 0.387 e. The van der Waals surface area contributed by atoms with Crippen LogP contribution in [0.4, 0.5) is 14.5 Å². The standard InChI is InChI=1S/C18H14Cl2F2N2O4/c1-2-27-17(26)15(16(25)14-12(19)4-3-5-13(14)20)24-23-10-6-8-11(9-7-10)28-18(21)22/h3-9,18,23H,2H2,1H3. The molecule has 0 atom stereocenters. The van der Waals surface area contributed by atoms with Crippen LogP contribution in [0.5, 0.6) is 5.75 Å². The molecule has 28 heavy (non-hydrogen) atoms. The van der Waals surface area contributed by atoms with Gasteiger partial charge >= 0.3 is 12.6 Å². The van der Waals surface area contributed by atoms with Crippen molar-refractivity contribution in [3.8, 4) is 5.75 Å². The van der Waals surface area contributed by atoms with E-state index < -0.39 is 24.1 Å². The minimum absolute atomic E-state index is 0.0149. The number of hydrogen-bond donors (Lipinski definition) is 1. The Bertz CT molecular complexity index is 869. The van der Waals surface area contributed by atoms with E-state index in [2.05, 4.69) is 15.3 Å². The van der Waals surface area contributed by atoms with Gasteiger partial charge in [-0.15, -0.1) is 0 Å². The van der Waals surface area contributed by atoms with Crippen LogP contribution in [0.15, 0.2) is 47.6 Å². The number of benzene rings is 2. The van der Waals surface area contributed by atoms with Gasteiger partial charge in [-0.05, 0) is 43.3 Å². The predicted molar refractivity (Wildman–Crippen MR) is 102 cm³/mol. The Balaban J connectivity index is 2.30. The molecule has 0 heterocycles. The maximum absolute atomic E-state index is 12.8. The molecule has 2 rings (SSSR count). The first-order chi connectivity index (χ1) is 13.3. The van der Waals surface area contributed by atoms with Gasteiger partial charge in [0.05, 0.1) is 27.9 Å². The summed E-state index contributed by atoms with van der Waals surface area (Å²) in [4.78, 5) is 24.9. The number of halogens is 4. The van der Waals surface area contributed by atoms with Gasteiger partial charge in [0.1, 0.15) is 5.75 Å². The van der Waals surface area contributed by atoms with Gasteiger partial charge in [-0.2, -0.15) is 13.9 Å². The largest absolute Gasteiger partial charge is 0.461 e. The van der Waals surface area contributed by atoms with Gasteiger partial charge in [0, 0.05) is 0 Å². The van der Waals surface area contributed by atoms with Gasteiger partial charge in [-0.25, -0.2) is 4.79 Å². The lowest BCUT2D eigenvalue weighted by atomic mass is 10.1. The molecule has 0 unspecified atom stereocenters. The molecule has 0 saturated heterocycles. The average Bonchev–Trinajstić information content (AvgIpc) is 2.63. The Hall–Kier alpha value is -2.71. The Morgan fingerprint density at radius 3 is 2.25 bits per heavy atom. The van der Waals surface area contributed by atoms with E-state index in [-0.39, 0.29) is 28.0 Å². The van der Waals surface area contributed by atoms with Crippen LogP contribution in [-0.2, 0) is 9.53 Å². The van der Waals surface area contributed by atoms with Crippen LogP contribution in [0.3, 0.4) is 0 Å². The maximum atomic E-state index is 12.8. The van der Waals surface area contributed by atoms with Crippen molar-refractivity contribution in [1.29, 1.82) is 0 Å². The number of nitrogens with one attached hydrogen (secondary N) is 1. The number of rotatable bonds is 8. The van der Waals surface area contributed by atoms with Crippen molar-refractivity contribution in [2.75, 3.05) is 12.0 Å².